The summed E-state index contributed by atoms with van der Waals surface area (Å²) < 4.78 is 0. The van der Waals surface area contributed by atoms with Gasteiger partial charge in [-0.25, -0.2) is 9.59 Å². The van der Waals surface area contributed by atoms with E-state index in [4.69, 9.17) is 5.11 Å². The van der Waals surface area contributed by atoms with Gasteiger partial charge in [-0.3, -0.25) is 0 Å². The largest absolute Gasteiger partial charge is 0.478 e. The summed E-state index contributed by atoms with van der Waals surface area (Å²) in [6.07, 6.45) is 0.916. The molecule has 0 saturated heterocycles. The summed E-state index contributed by atoms with van der Waals surface area (Å²) in [5.74, 6) is -0.453. The van der Waals surface area contributed by atoms with Gasteiger partial charge >= 0.3 is 12.0 Å². The second kappa shape index (κ2) is 9.15. The fourth-order valence-corrected chi connectivity index (χ4v) is 2.37. The monoisotopic (exact) mass is 321 g/mol. The molecule has 0 aliphatic carbocycles. The Morgan fingerprint density at radius 3 is 2.26 bits per heavy atom. The first-order valence-electron chi connectivity index (χ1n) is 7.79. The molecule has 0 fully saturated rings. The lowest BCUT2D eigenvalue weighted by atomic mass is 10.0. The van der Waals surface area contributed by atoms with Gasteiger partial charge in [-0.05, 0) is 44.1 Å². The summed E-state index contributed by atoms with van der Waals surface area (Å²) in [5.41, 5.74) is 1.10. The van der Waals surface area contributed by atoms with Crippen LogP contribution in [0.2, 0.25) is 0 Å². The van der Waals surface area contributed by atoms with Gasteiger partial charge in [0, 0.05) is 19.1 Å². The van der Waals surface area contributed by atoms with Crippen molar-refractivity contribution in [3.05, 3.63) is 35.4 Å². The van der Waals surface area contributed by atoms with Crippen molar-refractivity contribution in [3.63, 3.8) is 0 Å². The van der Waals surface area contributed by atoms with Crippen molar-refractivity contribution in [2.24, 2.45) is 5.92 Å². The third-order valence-electron chi connectivity index (χ3n) is 3.33. The zero-order chi connectivity index (χ0) is 17.4. The van der Waals surface area contributed by atoms with Gasteiger partial charge in [-0.2, -0.15) is 0 Å². The molecule has 0 aliphatic heterocycles. The van der Waals surface area contributed by atoms with Crippen molar-refractivity contribution in [1.29, 1.82) is 0 Å². The van der Waals surface area contributed by atoms with E-state index in [1.54, 1.807) is 12.1 Å². The van der Waals surface area contributed by atoms with Gasteiger partial charge < -0.3 is 20.6 Å². The zero-order valence-electron chi connectivity index (χ0n) is 14.3. The van der Waals surface area contributed by atoms with E-state index < -0.39 is 5.97 Å². The molecule has 1 rings (SSSR count). The maximum atomic E-state index is 12.0. The molecule has 0 aliphatic rings. The van der Waals surface area contributed by atoms with E-state index >= 15 is 0 Å². The quantitative estimate of drug-likeness (QED) is 0.685. The van der Waals surface area contributed by atoms with Crippen molar-refractivity contribution in [1.82, 2.24) is 15.5 Å². The molecule has 1 aromatic rings. The molecule has 3 N–H and O–H groups in total. The van der Waals surface area contributed by atoms with Crippen molar-refractivity contribution in [2.75, 3.05) is 20.6 Å². The Bertz CT molecular complexity index is 502. The van der Waals surface area contributed by atoms with Gasteiger partial charge in [-0.1, -0.05) is 26.0 Å². The predicted octanol–water partition coefficient (Wildman–Crippen LogP) is 2.16. The zero-order valence-corrected chi connectivity index (χ0v) is 14.3. The highest BCUT2D eigenvalue weighted by Gasteiger charge is 2.14. The van der Waals surface area contributed by atoms with Crippen LogP contribution in [0.4, 0.5) is 4.79 Å². The summed E-state index contributed by atoms with van der Waals surface area (Å²) in [6, 6.07) is 6.36. The van der Waals surface area contributed by atoms with Crippen molar-refractivity contribution in [3.8, 4) is 0 Å². The van der Waals surface area contributed by atoms with Crippen molar-refractivity contribution < 1.29 is 14.7 Å². The number of benzene rings is 1. The Hall–Kier alpha value is -2.08. The number of hydrogen-bond donors (Lipinski definition) is 3. The van der Waals surface area contributed by atoms with E-state index in [1.165, 1.54) is 12.1 Å². The highest BCUT2D eigenvalue weighted by molar-refractivity contribution is 5.87. The molecule has 1 atom stereocenters. The van der Waals surface area contributed by atoms with Crippen LogP contribution >= 0.6 is 0 Å². The Kier molecular flexibility index (Phi) is 7.54. The van der Waals surface area contributed by atoms with Crippen LogP contribution in [0.3, 0.4) is 0 Å². The van der Waals surface area contributed by atoms with Crippen LogP contribution in [0.15, 0.2) is 24.3 Å². The Balaban J connectivity index is 2.49. The number of carbonyl (C=O) groups is 2. The van der Waals surface area contributed by atoms with E-state index in [2.05, 4.69) is 29.4 Å². The summed E-state index contributed by atoms with van der Waals surface area (Å²) in [6.45, 7) is 5.42. The molecule has 23 heavy (non-hydrogen) atoms. The maximum absolute atomic E-state index is 12.0. The van der Waals surface area contributed by atoms with Gasteiger partial charge in [-0.15, -0.1) is 0 Å². The number of rotatable bonds is 8. The van der Waals surface area contributed by atoms with Crippen LogP contribution in [0, 0.1) is 5.92 Å². The second-order valence-corrected chi connectivity index (χ2v) is 6.42. The first kappa shape index (κ1) is 19.0. The Morgan fingerprint density at radius 1 is 1.17 bits per heavy atom. The number of likely N-dealkylation sites (N-methyl/N-ethyl adjacent to an activating group) is 1. The fourth-order valence-electron chi connectivity index (χ4n) is 2.37. The Labute approximate surface area is 137 Å². The van der Waals surface area contributed by atoms with E-state index in [0.29, 0.717) is 12.5 Å². The van der Waals surface area contributed by atoms with Gasteiger partial charge in [0.05, 0.1) is 5.56 Å². The minimum atomic E-state index is -0.956. The van der Waals surface area contributed by atoms with Crippen LogP contribution in [0.25, 0.3) is 0 Å². The third-order valence-corrected chi connectivity index (χ3v) is 3.33. The summed E-state index contributed by atoms with van der Waals surface area (Å²) >= 11 is 0. The standard InChI is InChI=1S/C17H27N3O3/c1-12(2)9-15(11-20(3)4)19-17(23)18-10-13-5-7-14(8-6-13)16(21)22/h5-8,12,15H,9-11H2,1-4H3,(H,21,22)(H2,18,19,23). The maximum Gasteiger partial charge on any atom is 0.335 e. The summed E-state index contributed by atoms with van der Waals surface area (Å²) in [4.78, 5) is 24.9. The van der Waals surface area contributed by atoms with E-state index in [1.807, 2.05) is 14.1 Å². The van der Waals surface area contributed by atoms with Gasteiger partial charge in [0.2, 0.25) is 0 Å². The molecular formula is C17H27N3O3. The van der Waals surface area contributed by atoms with Gasteiger partial charge in [0.25, 0.3) is 0 Å². The molecule has 128 valence electrons. The molecule has 1 unspecified atom stereocenters. The molecule has 0 heterocycles. The lowest BCUT2D eigenvalue weighted by Gasteiger charge is -2.24. The van der Waals surface area contributed by atoms with Crippen LogP contribution in [-0.4, -0.2) is 48.7 Å². The van der Waals surface area contributed by atoms with Gasteiger partial charge in [0.15, 0.2) is 0 Å². The van der Waals surface area contributed by atoms with E-state index in [-0.39, 0.29) is 17.6 Å². The molecular weight excluding hydrogens is 294 g/mol. The third kappa shape index (κ3) is 7.65. The lowest BCUT2D eigenvalue weighted by Crippen LogP contribution is -2.46. The number of carbonyl (C=O) groups excluding carboxylic acids is 1. The first-order chi connectivity index (χ1) is 10.8. The molecule has 6 heteroatoms. The second-order valence-electron chi connectivity index (χ2n) is 6.42. The highest BCUT2D eigenvalue weighted by Crippen LogP contribution is 2.06. The molecule has 2 amide bonds. The number of carboxylic acids is 1. The molecule has 0 spiro atoms. The SMILES string of the molecule is CC(C)CC(CN(C)C)NC(=O)NCc1ccc(C(=O)O)cc1. The minimum absolute atomic E-state index is 0.0967. The predicted molar refractivity (Wildman–Crippen MR) is 90.6 cm³/mol. The van der Waals surface area contributed by atoms with Crippen molar-refractivity contribution >= 4 is 12.0 Å². The first-order valence-corrected chi connectivity index (χ1v) is 7.79. The number of amides is 2. The summed E-state index contributed by atoms with van der Waals surface area (Å²) in [5, 5.41) is 14.7. The topological polar surface area (TPSA) is 81.7 Å². The average Bonchev–Trinajstić information content (AvgIpc) is 2.44. The molecule has 6 nitrogen and oxygen atoms in total. The summed E-state index contributed by atoms with van der Waals surface area (Å²) in [7, 11) is 3.97. The molecule has 0 radical (unpaired) electrons. The van der Waals surface area contributed by atoms with Crippen LogP contribution < -0.4 is 10.6 Å². The van der Waals surface area contributed by atoms with Crippen LogP contribution in [0.5, 0.6) is 0 Å². The lowest BCUT2D eigenvalue weighted by molar-refractivity contribution is 0.0697. The van der Waals surface area contributed by atoms with Crippen LogP contribution in [-0.2, 0) is 6.54 Å². The smallest absolute Gasteiger partial charge is 0.335 e. The van der Waals surface area contributed by atoms with E-state index in [0.717, 1.165) is 18.5 Å². The number of hydrogen-bond acceptors (Lipinski definition) is 3. The number of nitrogens with one attached hydrogen (secondary N) is 2. The average molecular weight is 321 g/mol. The minimum Gasteiger partial charge on any atom is -0.478 e. The number of aromatic carboxylic acids is 1. The van der Waals surface area contributed by atoms with E-state index in [9.17, 15) is 9.59 Å². The van der Waals surface area contributed by atoms with Crippen LogP contribution in [0.1, 0.15) is 36.2 Å². The highest BCUT2D eigenvalue weighted by atomic mass is 16.4. The number of nitrogens with zero attached hydrogens (tertiary/aromatic N) is 1. The molecule has 0 aromatic heterocycles. The fraction of sp³-hybridized carbons (Fsp3) is 0.529. The molecule has 0 saturated carbocycles. The molecule has 1 aromatic carbocycles. The Morgan fingerprint density at radius 2 is 1.78 bits per heavy atom. The van der Waals surface area contributed by atoms with Crippen molar-refractivity contribution in [2.45, 2.75) is 32.9 Å². The number of urea groups is 1. The van der Waals surface area contributed by atoms with Gasteiger partial charge in [0.1, 0.15) is 0 Å². The normalized spacial score (nSPS) is 12.3. The number of carboxylic acid groups (broad SMARTS) is 1. The molecule has 0 bridgehead atoms.